The zero-order chi connectivity index (χ0) is 14.4. The molecule has 0 aromatic heterocycles. The van der Waals surface area contributed by atoms with Gasteiger partial charge in [0.25, 0.3) is 0 Å². The Morgan fingerprint density at radius 2 is 2.24 bits per heavy atom. The van der Waals surface area contributed by atoms with Crippen LogP contribution < -0.4 is 10.1 Å². The molecule has 1 aromatic rings. The van der Waals surface area contributed by atoms with E-state index < -0.39 is 0 Å². The van der Waals surface area contributed by atoms with E-state index in [4.69, 9.17) is 9.47 Å². The zero-order valence-corrected chi connectivity index (χ0v) is 13.3. The van der Waals surface area contributed by atoms with Crippen molar-refractivity contribution in [2.45, 2.75) is 19.5 Å². The molecule has 1 aliphatic rings. The molecule has 5 nitrogen and oxygen atoms in total. The monoisotopic (exact) mass is 314 g/mol. The topological polar surface area (TPSA) is 50.8 Å². The number of likely N-dealkylation sites (N-methyl/N-ethyl adjacent to an activating group) is 1. The molecular formula is C15H23ClN2O3. The largest absolute Gasteiger partial charge is 0.494 e. The van der Waals surface area contributed by atoms with Crippen molar-refractivity contribution in [3.8, 4) is 5.75 Å². The highest BCUT2D eigenvalue weighted by atomic mass is 35.5. The number of amides is 1. The predicted octanol–water partition coefficient (Wildman–Crippen LogP) is 1.45. The van der Waals surface area contributed by atoms with E-state index in [2.05, 4.69) is 5.32 Å². The molecule has 0 bridgehead atoms. The molecule has 1 aromatic carbocycles. The average Bonchev–Trinajstić information content (AvgIpc) is 2.49. The van der Waals surface area contributed by atoms with Gasteiger partial charge in [-0.25, -0.2) is 0 Å². The molecule has 1 saturated heterocycles. The van der Waals surface area contributed by atoms with Crippen LogP contribution in [-0.2, 0) is 16.1 Å². The predicted molar refractivity (Wildman–Crippen MR) is 83.9 cm³/mol. The van der Waals surface area contributed by atoms with Gasteiger partial charge in [-0.2, -0.15) is 0 Å². The van der Waals surface area contributed by atoms with Crippen molar-refractivity contribution in [1.82, 2.24) is 10.2 Å². The fraction of sp³-hybridized carbons (Fsp3) is 0.533. The van der Waals surface area contributed by atoms with E-state index in [0.29, 0.717) is 26.4 Å². The highest BCUT2D eigenvalue weighted by Crippen LogP contribution is 2.19. The summed E-state index contributed by atoms with van der Waals surface area (Å²) in [7, 11) is 1.81. The number of hydrogen-bond donors (Lipinski definition) is 1. The highest BCUT2D eigenvalue weighted by molar-refractivity contribution is 5.85. The summed E-state index contributed by atoms with van der Waals surface area (Å²) in [6.45, 7) is 4.94. The third kappa shape index (κ3) is 4.88. The van der Waals surface area contributed by atoms with Crippen LogP contribution in [0.3, 0.4) is 0 Å². The molecule has 1 N–H and O–H groups in total. The molecule has 0 radical (unpaired) electrons. The van der Waals surface area contributed by atoms with Crippen LogP contribution in [0.4, 0.5) is 0 Å². The van der Waals surface area contributed by atoms with Crippen molar-refractivity contribution in [3.05, 3.63) is 29.8 Å². The number of para-hydroxylation sites is 1. The summed E-state index contributed by atoms with van der Waals surface area (Å²) in [5.74, 6) is 0.888. The number of morpholine rings is 1. The first-order chi connectivity index (χ1) is 9.72. The van der Waals surface area contributed by atoms with Gasteiger partial charge in [-0.15, -0.1) is 12.4 Å². The third-order valence-electron chi connectivity index (χ3n) is 3.28. The molecule has 2 rings (SSSR count). The molecule has 1 heterocycles. The van der Waals surface area contributed by atoms with E-state index in [1.807, 2.05) is 31.2 Å². The van der Waals surface area contributed by atoms with Gasteiger partial charge in [0.2, 0.25) is 5.91 Å². The van der Waals surface area contributed by atoms with Gasteiger partial charge in [-0.3, -0.25) is 4.79 Å². The number of halogens is 1. The normalized spacial score (nSPS) is 17.7. The van der Waals surface area contributed by atoms with Gasteiger partial charge in [0.15, 0.2) is 0 Å². The van der Waals surface area contributed by atoms with Crippen LogP contribution in [-0.4, -0.2) is 50.3 Å². The molecule has 0 saturated carbocycles. The Kier molecular flexibility index (Phi) is 7.50. The lowest BCUT2D eigenvalue weighted by Crippen LogP contribution is -2.51. The van der Waals surface area contributed by atoms with Crippen molar-refractivity contribution < 1.29 is 14.3 Å². The summed E-state index contributed by atoms with van der Waals surface area (Å²) in [6.07, 6.45) is 0. The van der Waals surface area contributed by atoms with Gasteiger partial charge >= 0.3 is 0 Å². The van der Waals surface area contributed by atoms with Gasteiger partial charge in [-0.1, -0.05) is 18.2 Å². The summed E-state index contributed by atoms with van der Waals surface area (Å²) in [5.41, 5.74) is 1.02. The van der Waals surface area contributed by atoms with Gasteiger partial charge in [0.1, 0.15) is 11.8 Å². The Bertz CT molecular complexity index is 450. The molecule has 1 fully saturated rings. The van der Waals surface area contributed by atoms with Crippen LogP contribution >= 0.6 is 12.4 Å². The fourth-order valence-electron chi connectivity index (χ4n) is 2.25. The standard InChI is InChI=1S/C15H22N2O3.ClH/c1-3-20-14-7-5-4-6-12(14)10-17(2)15(18)13-11-19-9-8-16-13;/h4-7,13,16H,3,8-11H2,1-2H3;1H. The number of nitrogens with one attached hydrogen (secondary N) is 1. The average molecular weight is 315 g/mol. The van der Waals surface area contributed by atoms with Crippen molar-refractivity contribution in [2.24, 2.45) is 0 Å². The van der Waals surface area contributed by atoms with E-state index in [9.17, 15) is 4.79 Å². The number of hydrogen-bond acceptors (Lipinski definition) is 4. The number of carbonyl (C=O) groups is 1. The third-order valence-corrected chi connectivity index (χ3v) is 3.28. The van der Waals surface area contributed by atoms with Crippen molar-refractivity contribution in [1.29, 1.82) is 0 Å². The molecule has 0 aliphatic carbocycles. The summed E-state index contributed by atoms with van der Waals surface area (Å²) in [4.78, 5) is 14.0. The van der Waals surface area contributed by atoms with E-state index in [1.54, 1.807) is 11.9 Å². The Balaban J connectivity index is 0.00000220. The maximum absolute atomic E-state index is 12.3. The second-order valence-corrected chi connectivity index (χ2v) is 4.82. The highest BCUT2D eigenvalue weighted by Gasteiger charge is 2.24. The minimum Gasteiger partial charge on any atom is -0.494 e. The summed E-state index contributed by atoms with van der Waals surface area (Å²) >= 11 is 0. The van der Waals surface area contributed by atoms with E-state index in [0.717, 1.165) is 17.9 Å². The van der Waals surface area contributed by atoms with Crippen LogP contribution in [0.1, 0.15) is 12.5 Å². The maximum Gasteiger partial charge on any atom is 0.242 e. The molecule has 0 spiro atoms. The Morgan fingerprint density at radius 3 is 2.90 bits per heavy atom. The number of carbonyl (C=O) groups excluding carboxylic acids is 1. The zero-order valence-electron chi connectivity index (χ0n) is 12.5. The lowest BCUT2D eigenvalue weighted by atomic mass is 10.1. The second kappa shape index (κ2) is 8.87. The summed E-state index contributed by atoms with van der Waals surface area (Å²) in [5, 5.41) is 3.18. The Labute approximate surface area is 132 Å². The number of benzene rings is 1. The molecular weight excluding hydrogens is 292 g/mol. The molecule has 1 aliphatic heterocycles. The van der Waals surface area contributed by atoms with Gasteiger partial charge in [-0.05, 0) is 13.0 Å². The number of nitrogens with zero attached hydrogens (tertiary/aromatic N) is 1. The van der Waals surface area contributed by atoms with Gasteiger partial charge in [0.05, 0.1) is 19.8 Å². The van der Waals surface area contributed by atoms with E-state index in [-0.39, 0.29) is 24.4 Å². The molecule has 6 heteroatoms. The summed E-state index contributed by atoms with van der Waals surface area (Å²) in [6, 6.07) is 7.57. The first kappa shape index (κ1) is 17.8. The molecule has 1 amide bonds. The lowest BCUT2D eigenvalue weighted by molar-refractivity contribution is -0.135. The molecule has 1 unspecified atom stereocenters. The van der Waals surface area contributed by atoms with Crippen molar-refractivity contribution in [3.63, 3.8) is 0 Å². The minimum atomic E-state index is -0.243. The lowest BCUT2D eigenvalue weighted by Gasteiger charge is -2.28. The van der Waals surface area contributed by atoms with Gasteiger partial charge < -0.3 is 19.7 Å². The first-order valence-electron chi connectivity index (χ1n) is 6.99. The van der Waals surface area contributed by atoms with Crippen LogP contribution in [0, 0.1) is 0 Å². The molecule has 1 atom stereocenters. The minimum absolute atomic E-state index is 0. The Hall–Kier alpha value is -1.30. The smallest absolute Gasteiger partial charge is 0.242 e. The SMILES string of the molecule is CCOc1ccccc1CN(C)C(=O)C1COCCN1.Cl. The Morgan fingerprint density at radius 1 is 1.48 bits per heavy atom. The molecule has 21 heavy (non-hydrogen) atoms. The summed E-state index contributed by atoms with van der Waals surface area (Å²) < 4.78 is 10.9. The van der Waals surface area contributed by atoms with Gasteiger partial charge in [0, 0.05) is 25.7 Å². The van der Waals surface area contributed by atoms with Crippen molar-refractivity contribution in [2.75, 3.05) is 33.4 Å². The van der Waals surface area contributed by atoms with Crippen LogP contribution in [0.5, 0.6) is 5.75 Å². The number of rotatable bonds is 5. The van der Waals surface area contributed by atoms with E-state index in [1.165, 1.54) is 0 Å². The quantitative estimate of drug-likeness (QED) is 0.894. The van der Waals surface area contributed by atoms with Crippen LogP contribution in [0.25, 0.3) is 0 Å². The molecule has 118 valence electrons. The number of ether oxygens (including phenoxy) is 2. The second-order valence-electron chi connectivity index (χ2n) is 4.82. The van der Waals surface area contributed by atoms with Crippen molar-refractivity contribution >= 4 is 18.3 Å². The van der Waals surface area contributed by atoms with E-state index >= 15 is 0 Å². The van der Waals surface area contributed by atoms with Crippen LogP contribution in [0.15, 0.2) is 24.3 Å². The first-order valence-corrected chi connectivity index (χ1v) is 6.99. The van der Waals surface area contributed by atoms with Crippen LogP contribution in [0.2, 0.25) is 0 Å². The maximum atomic E-state index is 12.3. The fourth-order valence-corrected chi connectivity index (χ4v) is 2.25.